The second-order valence-electron chi connectivity index (χ2n) is 4.60. The smallest absolute Gasteiger partial charge is 0.184 e. The number of ketones is 1. The lowest BCUT2D eigenvalue weighted by molar-refractivity contribution is 0.0967. The summed E-state index contributed by atoms with van der Waals surface area (Å²) in [4.78, 5) is 15.9. The second-order valence-corrected chi connectivity index (χ2v) is 5.51. The van der Waals surface area contributed by atoms with Crippen LogP contribution >= 0.6 is 15.9 Å². The zero-order valence-electron chi connectivity index (χ0n) is 11.5. The van der Waals surface area contributed by atoms with Gasteiger partial charge in [0.05, 0.1) is 0 Å². The van der Waals surface area contributed by atoms with E-state index in [1.165, 1.54) is 17.3 Å². The normalized spacial score (nSPS) is 10.4. The van der Waals surface area contributed by atoms with Crippen LogP contribution in [-0.2, 0) is 6.54 Å². The van der Waals surface area contributed by atoms with Crippen molar-refractivity contribution in [3.63, 3.8) is 0 Å². The van der Waals surface area contributed by atoms with Crippen LogP contribution in [0.2, 0.25) is 0 Å². The van der Waals surface area contributed by atoms with Crippen molar-refractivity contribution >= 4 is 21.7 Å². The zero-order valence-corrected chi connectivity index (χ0v) is 13.1. The monoisotopic (exact) mass is 357 g/mol. The van der Waals surface area contributed by atoms with E-state index in [0.717, 1.165) is 10.2 Å². The van der Waals surface area contributed by atoms with Crippen molar-refractivity contribution in [2.75, 3.05) is 0 Å². The van der Waals surface area contributed by atoms with Crippen LogP contribution in [0.25, 0.3) is 0 Å². The van der Waals surface area contributed by atoms with Crippen molar-refractivity contribution in [1.29, 1.82) is 0 Å². The van der Waals surface area contributed by atoms with Crippen molar-refractivity contribution in [2.45, 2.75) is 6.54 Å². The molecule has 0 bridgehead atoms. The number of halogens is 1. The summed E-state index contributed by atoms with van der Waals surface area (Å²) in [5.74, 6) is 1.39. The molecule has 0 aliphatic rings. The summed E-state index contributed by atoms with van der Waals surface area (Å²) in [6.07, 6.45) is 2.92. The number of benzene rings is 2. The van der Waals surface area contributed by atoms with E-state index in [1.807, 2.05) is 24.3 Å². The van der Waals surface area contributed by atoms with Crippen molar-refractivity contribution in [1.82, 2.24) is 14.8 Å². The van der Waals surface area contributed by atoms with Crippen LogP contribution in [0.5, 0.6) is 11.5 Å². The quantitative estimate of drug-likeness (QED) is 0.653. The zero-order chi connectivity index (χ0) is 15.4. The van der Waals surface area contributed by atoms with Gasteiger partial charge in [-0.2, -0.15) is 5.10 Å². The summed E-state index contributed by atoms with van der Waals surface area (Å²) in [6, 6.07) is 14.6. The van der Waals surface area contributed by atoms with E-state index < -0.39 is 0 Å². The lowest BCUT2D eigenvalue weighted by atomic mass is 10.1. The number of carbonyl (C=O) groups excluding carboxylic acids is 1. The topological polar surface area (TPSA) is 57.0 Å². The number of carbonyl (C=O) groups is 1. The molecule has 1 heterocycles. The van der Waals surface area contributed by atoms with E-state index in [0.29, 0.717) is 11.3 Å². The molecule has 5 nitrogen and oxygen atoms in total. The van der Waals surface area contributed by atoms with E-state index in [1.54, 1.807) is 24.3 Å². The molecular formula is C16H12BrN3O2. The largest absolute Gasteiger partial charge is 0.457 e. The molecule has 0 radical (unpaired) electrons. The number of ether oxygens (including phenoxy) is 1. The number of rotatable bonds is 5. The standard InChI is InChI=1S/C16H12BrN3O2/c17-13-3-7-15(8-4-13)22-14-5-1-12(2-6-14)16(21)9-20-11-18-10-19-20/h1-8,10-11H,9H2. The molecule has 0 unspecified atom stereocenters. The number of nitrogens with zero attached hydrogens (tertiary/aromatic N) is 3. The Hall–Kier alpha value is -2.47. The first-order chi connectivity index (χ1) is 10.7. The Labute approximate surface area is 135 Å². The van der Waals surface area contributed by atoms with Gasteiger partial charge in [0.15, 0.2) is 5.78 Å². The maximum absolute atomic E-state index is 12.1. The van der Waals surface area contributed by atoms with Crippen molar-refractivity contribution < 1.29 is 9.53 Å². The molecule has 1 aromatic heterocycles. The molecule has 6 heteroatoms. The predicted octanol–water partition coefficient (Wildman–Crippen LogP) is 3.72. The first-order valence-electron chi connectivity index (χ1n) is 6.60. The number of aromatic nitrogens is 3. The predicted molar refractivity (Wildman–Crippen MR) is 85.0 cm³/mol. The highest BCUT2D eigenvalue weighted by Gasteiger charge is 2.07. The molecule has 0 saturated carbocycles. The average Bonchev–Trinajstić information content (AvgIpc) is 3.03. The van der Waals surface area contributed by atoms with Gasteiger partial charge in [-0.3, -0.25) is 4.79 Å². The van der Waals surface area contributed by atoms with Crippen LogP contribution in [0.15, 0.2) is 65.7 Å². The van der Waals surface area contributed by atoms with Crippen LogP contribution < -0.4 is 4.74 Å². The van der Waals surface area contributed by atoms with Gasteiger partial charge in [0.2, 0.25) is 0 Å². The molecule has 22 heavy (non-hydrogen) atoms. The molecule has 0 N–H and O–H groups in total. The van der Waals surface area contributed by atoms with Crippen LogP contribution in [0, 0.1) is 0 Å². The van der Waals surface area contributed by atoms with E-state index >= 15 is 0 Å². The van der Waals surface area contributed by atoms with E-state index in [2.05, 4.69) is 26.0 Å². The third-order valence-corrected chi connectivity index (χ3v) is 3.53. The Bertz CT molecular complexity index is 753. The Balaban J connectivity index is 1.67. The summed E-state index contributed by atoms with van der Waals surface area (Å²) in [6.45, 7) is 0.174. The van der Waals surface area contributed by atoms with E-state index in [-0.39, 0.29) is 12.3 Å². The molecular weight excluding hydrogens is 346 g/mol. The fourth-order valence-electron chi connectivity index (χ4n) is 1.90. The van der Waals surface area contributed by atoms with E-state index in [4.69, 9.17) is 4.74 Å². The van der Waals surface area contributed by atoms with Crippen LogP contribution in [0.4, 0.5) is 0 Å². The van der Waals surface area contributed by atoms with Gasteiger partial charge in [0, 0.05) is 10.0 Å². The van der Waals surface area contributed by atoms with Gasteiger partial charge in [0.25, 0.3) is 0 Å². The second kappa shape index (κ2) is 6.53. The van der Waals surface area contributed by atoms with Gasteiger partial charge in [-0.1, -0.05) is 15.9 Å². The summed E-state index contributed by atoms with van der Waals surface area (Å²) < 4.78 is 8.20. The van der Waals surface area contributed by atoms with Gasteiger partial charge in [-0.25, -0.2) is 9.67 Å². The highest BCUT2D eigenvalue weighted by atomic mass is 79.9. The Morgan fingerprint density at radius 1 is 1.05 bits per heavy atom. The minimum absolute atomic E-state index is 0.0271. The molecule has 2 aromatic carbocycles. The van der Waals surface area contributed by atoms with Crippen LogP contribution in [0.3, 0.4) is 0 Å². The lowest BCUT2D eigenvalue weighted by Gasteiger charge is -2.07. The third-order valence-electron chi connectivity index (χ3n) is 3.00. The third kappa shape index (κ3) is 3.59. The minimum atomic E-state index is -0.0271. The number of hydrogen-bond donors (Lipinski definition) is 0. The number of hydrogen-bond acceptors (Lipinski definition) is 4. The molecule has 3 aromatic rings. The Kier molecular flexibility index (Phi) is 4.29. The summed E-state index contributed by atoms with van der Waals surface area (Å²) in [7, 11) is 0. The maximum Gasteiger partial charge on any atom is 0.184 e. The first-order valence-corrected chi connectivity index (χ1v) is 7.39. The Morgan fingerprint density at radius 2 is 1.68 bits per heavy atom. The van der Waals surface area contributed by atoms with Crippen molar-refractivity contribution in [2.24, 2.45) is 0 Å². The molecule has 110 valence electrons. The minimum Gasteiger partial charge on any atom is -0.457 e. The molecule has 0 saturated heterocycles. The summed E-state index contributed by atoms with van der Waals surface area (Å²) in [5, 5.41) is 3.92. The lowest BCUT2D eigenvalue weighted by Crippen LogP contribution is -2.10. The van der Waals surface area contributed by atoms with Crippen molar-refractivity contribution in [3.8, 4) is 11.5 Å². The number of Topliss-reactive ketones (excluding diaryl/α,β-unsaturated/α-hetero) is 1. The summed E-state index contributed by atoms with van der Waals surface area (Å²) >= 11 is 3.38. The van der Waals surface area contributed by atoms with Crippen LogP contribution in [0.1, 0.15) is 10.4 Å². The van der Waals surface area contributed by atoms with Gasteiger partial charge in [0.1, 0.15) is 30.7 Å². The maximum atomic E-state index is 12.1. The molecule has 0 amide bonds. The molecule has 0 atom stereocenters. The molecule has 0 aliphatic carbocycles. The van der Waals surface area contributed by atoms with Gasteiger partial charge >= 0.3 is 0 Å². The molecule has 0 aliphatic heterocycles. The fourth-order valence-corrected chi connectivity index (χ4v) is 2.16. The van der Waals surface area contributed by atoms with Gasteiger partial charge in [-0.15, -0.1) is 0 Å². The first kappa shape index (κ1) is 14.5. The molecule has 0 spiro atoms. The molecule has 3 rings (SSSR count). The fraction of sp³-hybridized carbons (Fsp3) is 0.0625. The van der Waals surface area contributed by atoms with Crippen LogP contribution in [-0.4, -0.2) is 20.5 Å². The van der Waals surface area contributed by atoms with Gasteiger partial charge in [-0.05, 0) is 48.5 Å². The van der Waals surface area contributed by atoms with E-state index in [9.17, 15) is 4.79 Å². The van der Waals surface area contributed by atoms with Gasteiger partial charge < -0.3 is 4.74 Å². The average molecular weight is 358 g/mol. The summed E-state index contributed by atoms with van der Waals surface area (Å²) in [5.41, 5.74) is 0.610. The SMILES string of the molecule is O=C(Cn1cncn1)c1ccc(Oc2ccc(Br)cc2)cc1. The van der Waals surface area contributed by atoms with Crippen molar-refractivity contribution in [3.05, 3.63) is 71.2 Å². The Morgan fingerprint density at radius 3 is 2.27 bits per heavy atom. The highest BCUT2D eigenvalue weighted by Crippen LogP contribution is 2.23. The molecule has 0 fully saturated rings. The highest BCUT2D eigenvalue weighted by molar-refractivity contribution is 9.10.